The monoisotopic (exact) mass is 442 g/mol. The molecule has 0 spiro atoms. The number of hydrogen-bond donors (Lipinski definition) is 3. The lowest BCUT2D eigenvalue weighted by atomic mass is 10.1. The van der Waals surface area contributed by atoms with E-state index in [1.54, 1.807) is 25.2 Å². The molecule has 164 valence electrons. The normalized spacial score (nSPS) is 12.6. The molecule has 0 heterocycles. The zero-order valence-corrected chi connectivity index (χ0v) is 17.6. The summed E-state index contributed by atoms with van der Waals surface area (Å²) >= 11 is 0. The number of sulfonamides is 1. The van der Waals surface area contributed by atoms with Crippen molar-refractivity contribution in [2.24, 2.45) is 4.99 Å². The van der Waals surface area contributed by atoms with Crippen LogP contribution in [0.1, 0.15) is 22.3 Å². The summed E-state index contributed by atoms with van der Waals surface area (Å²) in [6.07, 6.45) is -3.80. The van der Waals surface area contributed by atoms with E-state index < -0.39 is 21.8 Å². The minimum Gasteiger partial charge on any atom is -0.356 e. The Hall–Kier alpha value is -2.59. The van der Waals surface area contributed by atoms with E-state index in [1.807, 2.05) is 6.07 Å². The van der Waals surface area contributed by atoms with Crippen LogP contribution in [-0.4, -0.2) is 35.0 Å². The summed E-state index contributed by atoms with van der Waals surface area (Å²) in [5.41, 5.74) is 1.68. The number of aliphatic imine (C=N–C) groups is 1. The fourth-order valence-corrected chi connectivity index (χ4v) is 3.48. The van der Waals surface area contributed by atoms with E-state index in [1.165, 1.54) is 19.2 Å². The molecule has 0 unspecified atom stereocenters. The van der Waals surface area contributed by atoms with Gasteiger partial charge in [-0.1, -0.05) is 36.4 Å². The highest BCUT2D eigenvalue weighted by Gasteiger charge is 2.29. The number of nitrogens with one attached hydrogen (secondary N) is 3. The maximum absolute atomic E-state index is 12.6. The number of hydrogen-bond acceptors (Lipinski definition) is 3. The maximum Gasteiger partial charge on any atom is 0.416 e. The number of alkyl halides is 3. The van der Waals surface area contributed by atoms with Crippen LogP contribution >= 0.6 is 0 Å². The minimum absolute atomic E-state index is 0.0998. The third-order valence-corrected chi connectivity index (χ3v) is 5.67. The van der Waals surface area contributed by atoms with Crippen molar-refractivity contribution in [3.8, 4) is 0 Å². The molecular weight excluding hydrogens is 417 g/mol. The summed E-state index contributed by atoms with van der Waals surface area (Å²) in [6, 6.07) is 12.3. The van der Waals surface area contributed by atoms with Gasteiger partial charge in [0.05, 0.1) is 11.3 Å². The first kappa shape index (κ1) is 23.7. The summed E-state index contributed by atoms with van der Waals surface area (Å²) in [6.45, 7) is 0.929. The largest absolute Gasteiger partial charge is 0.416 e. The van der Waals surface area contributed by atoms with E-state index >= 15 is 0 Å². The van der Waals surface area contributed by atoms with Gasteiger partial charge in [-0.3, -0.25) is 4.99 Å². The second-order valence-corrected chi connectivity index (χ2v) is 8.51. The second kappa shape index (κ2) is 10.4. The molecule has 0 atom stereocenters. The van der Waals surface area contributed by atoms with Gasteiger partial charge in [-0.2, -0.15) is 13.2 Å². The lowest BCUT2D eigenvalue weighted by Crippen LogP contribution is -2.37. The summed E-state index contributed by atoms with van der Waals surface area (Å²) in [7, 11) is -0.353. The molecule has 0 radical (unpaired) electrons. The topological polar surface area (TPSA) is 82.6 Å². The Kier molecular flexibility index (Phi) is 8.24. The van der Waals surface area contributed by atoms with Gasteiger partial charge in [0.2, 0.25) is 10.0 Å². The van der Waals surface area contributed by atoms with Crippen molar-refractivity contribution >= 4 is 16.0 Å². The summed E-state index contributed by atoms with van der Waals surface area (Å²) in [5.74, 6) is 0.437. The van der Waals surface area contributed by atoms with Crippen molar-refractivity contribution in [2.45, 2.75) is 24.9 Å². The Balaban J connectivity index is 1.84. The van der Waals surface area contributed by atoms with Gasteiger partial charge >= 0.3 is 6.18 Å². The van der Waals surface area contributed by atoms with Crippen LogP contribution in [0.3, 0.4) is 0 Å². The van der Waals surface area contributed by atoms with E-state index in [0.29, 0.717) is 31.0 Å². The zero-order valence-electron chi connectivity index (χ0n) is 16.8. The molecule has 0 fully saturated rings. The average Bonchev–Trinajstić information content (AvgIpc) is 2.70. The first-order valence-electron chi connectivity index (χ1n) is 9.22. The predicted molar refractivity (Wildman–Crippen MR) is 111 cm³/mol. The molecule has 0 bridgehead atoms. The number of guanidine groups is 1. The highest BCUT2D eigenvalue weighted by atomic mass is 32.2. The summed E-state index contributed by atoms with van der Waals surface area (Å²) in [4.78, 5) is 4.12. The molecule has 0 aliphatic carbocycles. The van der Waals surface area contributed by atoms with Crippen molar-refractivity contribution in [2.75, 3.05) is 20.6 Å². The molecule has 0 amide bonds. The number of nitrogens with zero attached hydrogens (tertiary/aromatic N) is 1. The van der Waals surface area contributed by atoms with Crippen molar-refractivity contribution in [3.63, 3.8) is 0 Å². The van der Waals surface area contributed by atoms with Gasteiger partial charge in [-0.05, 0) is 42.3 Å². The van der Waals surface area contributed by atoms with Crippen LogP contribution in [0.5, 0.6) is 0 Å². The Morgan fingerprint density at radius 2 is 1.67 bits per heavy atom. The third-order valence-electron chi connectivity index (χ3n) is 4.33. The molecule has 0 aromatic heterocycles. The highest BCUT2D eigenvalue weighted by molar-refractivity contribution is 7.88. The molecule has 3 N–H and O–H groups in total. The van der Waals surface area contributed by atoms with Gasteiger partial charge in [0, 0.05) is 20.1 Å². The summed E-state index contributed by atoms with van der Waals surface area (Å²) < 4.78 is 63.5. The SMILES string of the molecule is CN=C(NCCc1ccc(C(F)(F)F)cc1)NCc1cccc(CS(=O)(=O)NC)c1. The molecule has 2 aromatic carbocycles. The Bertz CT molecular complexity index is 959. The van der Waals surface area contributed by atoms with Crippen LogP contribution in [-0.2, 0) is 34.9 Å². The van der Waals surface area contributed by atoms with Gasteiger partial charge in [-0.15, -0.1) is 0 Å². The number of benzene rings is 2. The average molecular weight is 443 g/mol. The Morgan fingerprint density at radius 1 is 1.00 bits per heavy atom. The van der Waals surface area contributed by atoms with Crippen LogP contribution < -0.4 is 15.4 Å². The fourth-order valence-electron chi connectivity index (χ4n) is 2.71. The van der Waals surface area contributed by atoms with Crippen LogP contribution in [0.2, 0.25) is 0 Å². The lowest BCUT2D eigenvalue weighted by molar-refractivity contribution is -0.137. The molecule has 10 heteroatoms. The standard InChI is InChI=1S/C20H25F3N4O2S/c1-24-19(26-11-10-15-6-8-18(9-7-15)20(21,22)23)27-13-16-4-3-5-17(12-16)14-30(28,29)25-2/h3-9,12,25H,10-11,13-14H2,1-2H3,(H2,24,26,27). The Labute approximate surface area is 174 Å². The van der Waals surface area contributed by atoms with E-state index in [9.17, 15) is 21.6 Å². The van der Waals surface area contributed by atoms with E-state index in [2.05, 4.69) is 20.3 Å². The molecule has 30 heavy (non-hydrogen) atoms. The second-order valence-electron chi connectivity index (χ2n) is 6.58. The highest BCUT2D eigenvalue weighted by Crippen LogP contribution is 2.29. The fraction of sp³-hybridized carbons (Fsp3) is 0.350. The summed E-state index contributed by atoms with van der Waals surface area (Å²) in [5, 5.41) is 6.24. The molecule has 2 aromatic rings. The van der Waals surface area contributed by atoms with Crippen molar-refractivity contribution < 1.29 is 21.6 Å². The van der Waals surface area contributed by atoms with Crippen molar-refractivity contribution in [1.29, 1.82) is 0 Å². The van der Waals surface area contributed by atoms with Crippen LogP contribution in [0, 0.1) is 0 Å². The maximum atomic E-state index is 12.6. The molecule has 6 nitrogen and oxygen atoms in total. The smallest absolute Gasteiger partial charge is 0.356 e. The van der Waals surface area contributed by atoms with Gasteiger partial charge in [0.25, 0.3) is 0 Å². The Morgan fingerprint density at radius 3 is 2.27 bits per heavy atom. The first-order valence-corrected chi connectivity index (χ1v) is 10.9. The number of halogens is 3. The molecule has 2 rings (SSSR count). The van der Waals surface area contributed by atoms with Gasteiger partial charge in [0.15, 0.2) is 5.96 Å². The molecular formula is C20H25F3N4O2S. The first-order chi connectivity index (χ1) is 14.1. The van der Waals surface area contributed by atoms with E-state index in [-0.39, 0.29) is 5.75 Å². The van der Waals surface area contributed by atoms with Gasteiger partial charge < -0.3 is 10.6 Å². The van der Waals surface area contributed by atoms with Crippen LogP contribution in [0.25, 0.3) is 0 Å². The van der Waals surface area contributed by atoms with E-state index in [4.69, 9.17) is 0 Å². The molecule has 0 aliphatic rings. The molecule has 0 saturated carbocycles. The van der Waals surface area contributed by atoms with Crippen molar-refractivity contribution in [1.82, 2.24) is 15.4 Å². The van der Waals surface area contributed by atoms with Gasteiger partial charge in [-0.25, -0.2) is 13.1 Å². The minimum atomic E-state index is -4.34. The zero-order chi connectivity index (χ0) is 22.2. The lowest BCUT2D eigenvalue weighted by Gasteiger charge is -2.13. The molecule has 0 aliphatic heterocycles. The quantitative estimate of drug-likeness (QED) is 0.434. The predicted octanol–water partition coefficient (Wildman–Crippen LogP) is 2.66. The van der Waals surface area contributed by atoms with Gasteiger partial charge in [0.1, 0.15) is 0 Å². The molecule has 0 saturated heterocycles. The number of rotatable bonds is 8. The third kappa shape index (κ3) is 7.68. The van der Waals surface area contributed by atoms with Crippen LogP contribution in [0.15, 0.2) is 53.5 Å². The van der Waals surface area contributed by atoms with Crippen LogP contribution in [0.4, 0.5) is 13.2 Å². The van der Waals surface area contributed by atoms with Crippen molar-refractivity contribution in [3.05, 3.63) is 70.8 Å². The van der Waals surface area contributed by atoms with E-state index in [0.717, 1.165) is 23.3 Å².